The lowest BCUT2D eigenvalue weighted by Crippen LogP contribution is -2.46. The molecule has 3 heteroatoms. The van der Waals surface area contributed by atoms with Crippen molar-refractivity contribution in [1.82, 2.24) is 5.32 Å². The highest BCUT2D eigenvalue weighted by atomic mass is 16.6. The van der Waals surface area contributed by atoms with Crippen molar-refractivity contribution in [2.45, 2.75) is 52.2 Å². The van der Waals surface area contributed by atoms with Crippen LogP contribution < -0.4 is 5.32 Å². The molecule has 0 heterocycles. The van der Waals surface area contributed by atoms with Gasteiger partial charge in [-0.2, -0.15) is 0 Å². The standard InChI is InChI=1S/C16H25NO2/c1-4-6-12-16(3,17-13-5-2)19-15(18)14-10-8-7-9-11-14/h7-11,17H,4-6,12-13H2,1-3H3. The third kappa shape index (κ3) is 5.43. The van der Waals surface area contributed by atoms with Gasteiger partial charge in [0, 0.05) is 6.42 Å². The summed E-state index contributed by atoms with van der Waals surface area (Å²) in [7, 11) is 0. The van der Waals surface area contributed by atoms with Gasteiger partial charge in [0.25, 0.3) is 0 Å². The van der Waals surface area contributed by atoms with Gasteiger partial charge in [0.05, 0.1) is 5.56 Å². The number of ether oxygens (including phenoxy) is 1. The van der Waals surface area contributed by atoms with Gasteiger partial charge >= 0.3 is 5.97 Å². The van der Waals surface area contributed by atoms with E-state index in [1.54, 1.807) is 12.1 Å². The Labute approximate surface area is 116 Å². The fourth-order valence-electron chi connectivity index (χ4n) is 1.92. The smallest absolute Gasteiger partial charge is 0.339 e. The van der Waals surface area contributed by atoms with E-state index in [2.05, 4.69) is 19.2 Å². The van der Waals surface area contributed by atoms with Crippen molar-refractivity contribution >= 4 is 5.97 Å². The maximum atomic E-state index is 12.1. The summed E-state index contributed by atoms with van der Waals surface area (Å²) in [5.74, 6) is -0.261. The highest BCUT2D eigenvalue weighted by Crippen LogP contribution is 2.18. The van der Waals surface area contributed by atoms with E-state index in [1.165, 1.54) is 0 Å². The van der Waals surface area contributed by atoms with Gasteiger partial charge in [-0.1, -0.05) is 38.5 Å². The SMILES string of the molecule is CCCCC(C)(NCCC)OC(=O)c1ccccc1. The predicted molar refractivity (Wildman–Crippen MR) is 78.1 cm³/mol. The molecule has 106 valence electrons. The van der Waals surface area contributed by atoms with Crippen molar-refractivity contribution in [2.75, 3.05) is 6.54 Å². The molecule has 1 unspecified atom stereocenters. The minimum atomic E-state index is -0.570. The number of nitrogens with one attached hydrogen (secondary N) is 1. The summed E-state index contributed by atoms with van der Waals surface area (Å²) in [5, 5.41) is 3.34. The first-order valence-electron chi connectivity index (χ1n) is 7.14. The monoisotopic (exact) mass is 263 g/mol. The average Bonchev–Trinajstić information content (AvgIpc) is 2.44. The third-order valence-electron chi connectivity index (χ3n) is 3.08. The summed E-state index contributed by atoms with van der Waals surface area (Å²) in [6.07, 6.45) is 3.98. The Hall–Kier alpha value is -1.35. The van der Waals surface area contributed by atoms with Gasteiger partial charge in [0.15, 0.2) is 5.72 Å². The van der Waals surface area contributed by atoms with Gasteiger partial charge in [-0.15, -0.1) is 0 Å². The molecular weight excluding hydrogens is 238 g/mol. The maximum Gasteiger partial charge on any atom is 0.339 e. The summed E-state index contributed by atoms with van der Waals surface area (Å²) in [6, 6.07) is 9.14. The zero-order chi connectivity index (χ0) is 14.1. The molecule has 1 aromatic rings. The second kappa shape index (κ2) is 7.95. The summed E-state index contributed by atoms with van der Waals surface area (Å²) in [6.45, 7) is 7.05. The molecule has 0 radical (unpaired) electrons. The Morgan fingerprint density at radius 2 is 1.89 bits per heavy atom. The lowest BCUT2D eigenvalue weighted by Gasteiger charge is -2.30. The molecule has 0 fully saturated rings. The summed E-state index contributed by atoms with van der Waals surface area (Å²) < 4.78 is 5.68. The second-order valence-corrected chi connectivity index (χ2v) is 5.02. The predicted octanol–water partition coefficient (Wildman–Crippen LogP) is 3.75. The quantitative estimate of drug-likeness (QED) is 0.573. The minimum Gasteiger partial charge on any atom is -0.441 e. The topological polar surface area (TPSA) is 38.3 Å². The lowest BCUT2D eigenvalue weighted by molar-refractivity contribution is -0.0324. The molecule has 0 spiro atoms. The summed E-state index contributed by atoms with van der Waals surface area (Å²) in [5.41, 5.74) is 0.0300. The van der Waals surface area contributed by atoms with E-state index in [0.717, 1.165) is 32.2 Å². The minimum absolute atomic E-state index is 0.261. The summed E-state index contributed by atoms with van der Waals surface area (Å²) >= 11 is 0. The van der Waals surface area contributed by atoms with Crippen molar-refractivity contribution in [3.8, 4) is 0 Å². The van der Waals surface area contributed by atoms with E-state index in [0.29, 0.717) is 5.56 Å². The Morgan fingerprint density at radius 3 is 2.47 bits per heavy atom. The lowest BCUT2D eigenvalue weighted by atomic mass is 10.1. The van der Waals surface area contributed by atoms with Crippen LogP contribution in [0.25, 0.3) is 0 Å². The van der Waals surface area contributed by atoms with Crippen LogP contribution in [0.5, 0.6) is 0 Å². The van der Waals surface area contributed by atoms with E-state index < -0.39 is 5.72 Å². The van der Waals surface area contributed by atoms with E-state index in [9.17, 15) is 4.79 Å². The molecule has 0 aliphatic carbocycles. The maximum absolute atomic E-state index is 12.1. The third-order valence-corrected chi connectivity index (χ3v) is 3.08. The number of hydrogen-bond acceptors (Lipinski definition) is 3. The van der Waals surface area contributed by atoms with E-state index in [4.69, 9.17) is 4.74 Å². The molecule has 19 heavy (non-hydrogen) atoms. The van der Waals surface area contributed by atoms with Crippen LogP contribution in [0, 0.1) is 0 Å². The molecule has 1 aromatic carbocycles. The van der Waals surface area contributed by atoms with Crippen LogP contribution in [0.4, 0.5) is 0 Å². The van der Waals surface area contributed by atoms with Crippen LogP contribution >= 0.6 is 0 Å². The highest BCUT2D eigenvalue weighted by molar-refractivity contribution is 5.89. The van der Waals surface area contributed by atoms with Crippen molar-refractivity contribution in [3.05, 3.63) is 35.9 Å². The Bertz CT molecular complexity index is 368. The van der Waals surface area contributed by atoms with Gasteiger partial charge in [-0.25, -0.2) is 4.79 Å². The van der Waals surface area contributed by atoms with Crippen LogP contribution in [0.1, 0.15) is 56.8 Å². The zero-order valence-electron chi connectivity index (χ0n) is 12.2. The number of unbranched alkanes of at least 4 members (excludes halogenated alkanes) is 1. The van der Waals surface area contributed by atoms with Crippen LogP contribution in [0.15, 0.2) is 30.3 Å². The molecular formula is C16H25NO2. The van der Waals surface area contributed by atoms with Gasteiger partial charge in [-0.05, 0) is 38.4 Å². The number of carbonyl (C=O) groups is 1. The first-order valence-corrected chi connectivity index (χ1v) is 7.14. The van der Waals surface area contributed by atoms with Crippen molar-refractivity contribution in [1.29, 1.82) is 0 Å². The van der Waals surface area contributed by atoms with Gasteiger partial charge in [0.1, 0.15) is 0 Å². The number of rotatable bonds is 8. The van der Waals surface area contributed by atoms with Crippen molar-refractivity contribution in [2.24, 2.45) is 0 Å². The van der Waals surface area contributed by atoms with Crippen molar-refractivity contribution in [3.63, 3.8) is 0 Å². The van der Waals surface area contributed by atoms with Crippen LogP contribution in [0.2, 0.25) is 0 Å². The second-order valence-electron chi connectivity index (χ2n) is 5.02. The fraction of sp³-hybridized carbons (Fsp3) is 0.562. The van der Waals surface area contributed by atoms with Crippen molar-refractivity contribution < 1.29 is 9.53 Å². The van der Waals surface area contributed by atoms with E-state index in [1.807, 2.05) is 25.1 Å². The molecule has 0 amide bonds. The molecule has 0 saturated heterocycles. The number of hydrogen-bond donors (Lipinski definition) is 1. The normalized spacial score (nSPS) is 13.8. The molecule has 1 rings (SSSR count). The number of benzene rings is 1. The van der Waals surface area contributed by atoms with Crippen LogP contribution in [-0.4, -0.2) is 18.2 Å². The molecule has 0 aromatic heterocycles. The number of esters is 1. The molecule has 0 bridgehead atoms. The molecule has 0 aliphatic rings. The fourth-order valence-corrected chi connectivity index (χ4v) is 1.92. The number of carbonyl (C=O) groups excluding carboxylic acids is 1. The zero-order valence-corrected chi connectivity index (χ0v) is 12.2. The Kier molecular flexibility index (Phi) is 6.57. The van der Waals surface area contributed by atoms with Crippen LogP contribution in [-0.2, 0) is 4.74 Å². The van der Waals surface area contributed by atoms with Gasteiger partial charge < -0.3 is 4.74 Å². The van der Waals surface area contributed by atoms with E-state index in [-0.39, 0.29) is 5.97 Å². The van der Waals surface area contributed by atoms with Gasteiger partial charge in [0.2, 0.25) is 0 Å². The average molecular weight is 263 g/mol. The Morgan fingerprint density at radius 1 is 1.21 bits per heavy atom. The van der Waals surface area contributed by atoms with Crippen LogP contribution in [0.3, 0.4) is 0 Å². The molecule has 3 nitrogen and oxygen atoms in total. The summed E-state index contributed by atoms with van der Waals surface area (Å²) in [4.78, 5) is 12.1. The highest BCUT2D eigenvalue weighted by Gasteiger charge is 2.27. The molecule has 1 N–H and O–H groups in total. The van der Waals surface area contributed by atoms with E-state index >= 15 is 0 Å². The first-order chi connectivity index (χ1) is 9.11. The molecule has 0 saturated carbocycles. The Balaban J connectivity index is 2.68. The first kappa shape index (κ1) is 15.7. The molecule has 0 aliphatic heterocycles. The van der Waals surface area contributed by atoms with Gasteiger partial charge in [-0.3, -0.25) is 5.32 Å². The molecule has 1 atom stereocenters. The largest absolute Gasteiger partial charge is 0.441 e.